The third-order valence-corrected chi connectivity index (χ3v) is 7.17. The van der Waals surface area contributed by atoms with E-state index < -0.39 is 15.2 Å². The Kier molecular flexibility index (Phi) is 6.68. The number of nitrogens with zero attached hydrogens (tertiary/aromatic N) is 2. The van der Waals surface area contributed by atoms with Gasteiger partial charge in [-0.15, -0.1) is 0 Å². The number of anilines is 1. The molecule has 2 heterocycles. The summed E-state index contributed by atoms with van der Waals surface area (Å²) in [6.45, 7) is 3.48. The van der Waals surface area contributed by atoms with Gasteiger partial charge in [0.15, 0.2) is 9.84 Å². The fourth-order valence-corrected chi connectivity index (χ4v) is 5.44. The SMILES string of the molecule is Cc1cnc(Cl)nc1NC(C1CCNCC1)S(=O)(=O)CCc1ccccc1. The Bertz CT molecular complexity index is 855. The first-order valence-corrected chi connectivity index (χ1v) is 11.3. The number of aromatic nitrogens is 2. The fourth-order valence-electron chi connectivity index (χ4n) is 3.38. The maximum absolute atomic E-state index is 13.2. The number of halogens is 1. The van der Waals surface area contributed by atoms with E-state index in [4.69, 9.17) is 11.6 Å². The lowest BCUT2D eigenvalue weighted by Gasteiger charge is -2.31. The Balaban J connectivity index is 1.82. The van der Waals surface area contributed by atoms with Gasteiger partial charge in [-0.05, 0) is 62.4 Å². The summed E-state index contributed by atoms with van der Waals surface area (Å²) >= 11 is 5.92. The van der Waals surface area contributed by atoms with Gasteiger partial charge in [-0.25, -0.2) is 18.4 Å². The minimum absolute atomic E-state index is 0.0279. The Hall–Kier alpha value is -1.70. The molecule has 0 radical (unpaired) electrons. The van der Waals surface area contributed by atoms with E-state index in [1.54, 1.807) is 6.20 Å². The summed E-state index contributed by atoms with van der Waals surface area (Å²) in [5.41, 5.74) is 1.79. The van der Waals surface area contributed by atoms with Crippen LogP contribution in [0.15, 0.2) is 36.5 Å². The second kappa shape index (κ2) is 8.99. The van der Waals surface area contributed by atoms with Gasteiger partial charge < -0.3 is 10.6 Å². The molecule has 6 nitrogen and oxygen atoms in total. The lowest BCUT2D eigenvalue weighted by Crippen LogP contribution is -2.44. The molecule has 0 saturated carbocycles. The molecule has 1 aliphatic heterocycles. The van der Waals surface area contributed by atoms with Crippen LogP contribution in [-0.4, -0.2) is 42.6 Å². The third kappa shape index (κ3) is 5.40. The van der Waals surface area contributed by atoms with E-state index in [9.17, 15) is 8.42 Å². The Morgan fingerprint density at radius 3 is 2.67 bits per heavy atom. The molecule has 27 heavy (non-hydrogen) atoms. The summed E-state index contributed by atoms with van der Waals surface area (Å²) < 4.78 is 26.5. The number of hydrogen-bond acceptors (Lipinski definition) is 6. The molecule has 0 amide bonds. The van der Waals surface area contributed by atoms with Crippen molar-refractivity contribution >= 4 is 27.3 Å². The van der Waals surface area contributed by atoms with Gasteiger partial charge in [0.25, 0.3) is 0 Å². The Morgan fingerprint density at radius 1 is 1.26 bits per heavy atom. The van der Waals surface area contributed by atoms with E-state index in [0.717, 1.165) is 37.1 Å². The number of hydrogen-bond donors (Lipinski definition) is 2. The summed E-state index contributed by atoms with van der Waals surface area (Å²) in [6.07, 6.45) is 3.71. The predicted molar refractivity (Wildman–Crippen MR) is 109 cm³/mol. The van der Waals surface area contributed by atoms with Crippen LogP contribution in [0.1, 0.15) is 24.0 Å². The normalized spacial score (nSPS) is 16.8. The van der Waals surface area contributed by atoms with Crippen molar-refractivity contribution in [2.24, 2.45) is 5.92 Å². The first kappa shape index (κ1) is 20.0. The van der Waals surface area contributed by atoms with E-state index in [2.05, 4.69) is 20.6 Å². The van der Waals surface area contributed by atoms with E-state index in [-0.39, 0.29) is 17.0 Å². The first-order valence-electron chi connectivity index (χ1n) is 9.17. The molecule has 1 atom stereocenters. The van der Waals surface area contributed by atoms with Crippen molar-refractivity contribution in [2.45, 2.75) is 31.6 Å². The van der Waals surface area contributed by atoms with Crippen LogP contribution in [0.5, 0.6) is 0 Å². The highest BCUT2D eigenvalue weighted by Crippen LogP contribution is 2.26. The molecule has 1 aliphatic rings. The highest BCUT2D eigenvalue weighted by Gasteiger charge is 2.34. The van der Waals surface area contributed by atoms with Crippen LogP contribution in [0.4, 0.5) is 5.82 Å². The van der Waals surface area contributed by atoms with Gasteiger partial charge in [0.2, 0.25) is 5.28 Å². The van der Waals surface area contributed by atoms with Crippen LogP contribution < -0.4 is 10.6 Å². The molecular weight excluding hydrogens is 384 g/mol. The van der Waals surface area contributed by atoms with Crippen LogP contribution in [-0.2, 0) is 16.3 Å². The van der Waals surface area contributed by atoms with Gasteiger partial charge in [0.1, 0.15) is 11.2 Å². The summed E-state index contributed by atoms with van der Waals surface area (Å²) in [5, 5.41) is 5.90. The average molecular weight is 409 g/mol. The molecule has 2 N–H and O–H groups in total. The maximum Gasteiger partial charge on any atom is 0.224 e. The molecule has 1 aromatic heterocycles. The van der Waals surface area contributed by atoms with Crippen LogP contribution in [0.3, 0.4) is 0 Å². The number of benzene rings is 1. The van der Waals surface area contributed by atoms with Gasteiger partial charge in [-0.3, -0.25) is 0 Å². The monoisotopic (exact) mass is 408 g/mol. The second-order valence-electron chi connectivity index (χ2n) is 6.93. The van der Waals surface area contributed by atoms with Gasteiger partial charge in [0.05, 0.1) is 5.75 Å². The Labute approximate surface area is 165 Å². The Morgan fingerprint density at radius 2 is 1.96 bits per heavy atom. The van der Waals surface area contributed by atoms with E-state index in [1.807, 2.05) is 37.3 Å². The van der Waals surface area contributed by atoms with Crippen molar-refractivity contribution in [1.29, 1.82) is 0 Å². The zero-order valence-corrected chi connectivity index (χ0v) is 16.9. The molecule has 1 saturated heterocycles. The molecule has 8 heteroatoms. The molecular formula is C19H25ClN4O2S. The van der Waals surface area contributed by atoms with Crippen LogP contribution >= 0.6 is 11.6 Å². The quantitative estimate of drug-likeness (QED) is 0.685. The number of rotatable bonds is 7. The number of nitrogens with one attached hydrogen (secondary N) is 2. The van der Waals surface area contributed by atoms with E-state index in [0.29, 0.717) is 12.2 Å². The van der Waals surface area contributed by atoms with Crippen molar-refractivity contribution in [2.75, 3.05) is 24.2 Å². The second-order valence-corrected chi connectivity index (χ2v) is 9.51. The minimum atomic E-state index is -3.39. The third-order valence-electron chi connectivity index (χ3n) is 4.94. The molecule has 1 fully saturated rings. The smallest absolute Gasteiger partial charge is 0.224 e. The average Bonchev–Trinajstić information content (AvgIpc) is 2.68. The molecule has 1 aromatic carbocycles. The standard InChI is InChI=1S/C19H25ClN4O2S/c1-14-13-22-19(20)24-17(14)23-18(16-7-10-21-11-8-16)27(25,26)12-9-15-5-3-2-4-6-15/h2-6,13,16,18,21H,7-12H2,1H3,(H,22,23,24). The molecule has 0 spiro atoms. The summed E-state index contributed by atoms with van der Waals surface area (Å²) in [7, 11) is -3.39. The van der Waals surface area contributed by atoms with Crippen molar-refractivity contribution in [1.82, 2.24) is 15.3 Å². The van der Waals surface area contributed by atoms with Gasteiger partial charge in [0, 0.05) is 11.8 Å². The molecule has 0 bridgehead atoms. The minimum Gasteiger partial charge on any atom is -0.353 e. The lowest BCUT2D eigenvalue weighted by atomic mass is 9.98. The first-order chi connectivity index (χ1) is 13.0. The number of aryl methyl sites for hydroxylation is 2. The molecule has 3 rings (SSSR count). The number of sulfone groups is 1. The predicted octanol–water partition coefficient (Wildman–Crippen LogP) is 2.83. The van der Waals surface area contributed by atoms with Crippen LogP contribution in [0, 0.1) is 12.8 Å². The number of piperidine rings is 1. The van der Waals surface area contributed by atoms with Gasteiger partial charge in [-0.1, -0.05) is 30.3 Å². The highest BCUT2D eigenvalue weighted by molar-refractivity contribution is 7.92. The zero-order valence-electron chi connectivity index (χ0n) is 15.4. The highest BCUT2D eigenvalue weighted by atomic mass is 35.5. The fraction of sp³-hybridized carbons (Fsp3) is 0.474. The largest absolute Gasteiger partial charge is 0.353 e. The van der Waals surface area contributed by atoms with Gasteiger partial charge in [-0.2, -0.15) is 0 Å². The molecule has 146 valence electrons. The van der Waals surface area contributed by atoms with Crippen LogP contribution in [0.25, 0.3) is 0 Å². The zero-order chi connectivity index (χ0) is 19.3. The van der Waals surface area contributed by atoms with E-state index in [1.165, 1.54) is 0 Å². The molecule has 2 aromatic rings. The van der Waals surface area contributed by atoms with Crippen molar-refractivity contribution in [3.8, 4) is 0 Å². The van der Waals surface area contributed by atoms with Gasteiger partial charge >= 0.3 is 0 Å². The van der Waals surface area contributed by atoms with E-state index >= 15 is 0 Å². The maximum atomic E-state index is 13.2. The lowest BCUT2D eigenvalue weighted by molar-refractivity contribution is 0.367. The summed E-state index contributed by atoms with van der Waals surface area (Å²) in [6, 6.07) is 9.69. The van der Waals surface area contributed by atoms with Crippen molar-refractivity contribution < 1.29 is 8.42 Å². The van der Waals surface area contributed by atoms with Crippen molar-refractivity contribution in [3.63, 3.8) is 0 Å². The van der Waals surface area contributed by atoms with Crippen LogP contribution in [0.2, 0.25) is 5.28 Å². The van der Waals surface area contributed by atoms with Crippen molar-refractivity contribution in [3.05, 3.63) is 52.9 Å². The topological polar surface area (TPSA) is 84.0 Å². The summed E-state index contributed by atoms with van der Waals surface area (Å²) in [4.78, 5) is 8.15. The molecule has 0 aliphatic carbocycles. The molecule has 1 unspecified atom stereocenters. The summed E-state index contributed by atoms with van der Waals surface area (Å²) in [5.74, 6) is 0.609.